The molecule has 4 heteroatoms. The first-order valence-electron chi connectivity index (χ1n) is 7.39. The summed E-state index contributed by atoms with van der Waals surface area (Å²) in [6.45, 7) is 0.342. The van der Waals surface area contributed by atoms with Crippen LogP contribution in [0.25, 0.3) is 11.1 Å². The van der Waals surface area contributed by atoms with Gasteiger partial charge in [-0.3, -0.25) is 4.79 Å². The fraction of sp³-hybridized carbons (Fsp3) is 0.0500. The zero-order valence-electron chi connectivity index (χ0n) is 12.7. The van der Waals surface area contributed by atoms with E-state index in [0.29, 0.717) is 35.3 Å². The van der Waals surface area contributed by atoms with Gasteiger partial charge in [0.05, 0.1) is 5.56 Å². The van der Waals surface area contributed by atoms with Crippen LogP contribution in [-0.2, 0) is 6.61 Å². The molecule has 0 atom stereocenters. The highest BCUT2D eigenvalue weighted by Crippen LogP contribution is 2.32. The highest BCUT2D eigenvalue weighted by atomic mass is 35.5. The Labute approximate surface area is 144 Å². The first-order valence-corrected chi connectivity index (χ1v) is 7.76. The maximum Gasteiger partial charge on any atom is 0.154 e. The van der Waals surface area contributed by atoms with E-state index in [1.165, 1.54) is 12.1 Å². The van der Waals surface area contributed by atoms with E-state index in [2.05, 4.69) is 0 Å². The van der Waals surface area contributed by atoms with Crippen LogP contribution < -0.4 is 4.74 Å². The molecule has 3 aromatic carbocycles. The SMILES string of the molecule is O=Cc1c(OCc2ccccc2)cccc1-c1cc(F)cc(Cl)c1. The average Bonchev–Trinajstić information content (AvgIpc) is 2.59. The molecule has 0 radical (unpaired) electrons. The molecular weight excluding hydrogens is 327 g/mol. The van der Waals surface area contributed by atoms with E-state index in [0.717, 1.165) is 5.56 Å². The number of benzene rings is 3. The quantitative estimate of drug-likeness (QED) is 0.570. The van der Waals surface area contributed by atoms with E-state index in [9.17, 15) is 9.18 Å². The highest BCUT2D eigenvalue weighted by molar-refractivity contribution is 6.30. The Bertz CT molecular complexity index is 843. The van der Waals surface area contributed by atoms with Gasteiger partial charge in [-0.1, -0.05) is 54.1 Å². The smallest absolute Gasteiger partial charge is 0.154 e. The fourth-order valence-electron chi connectivity index (χ4n) is 2.49. The van der Waals surface area contributed by atoms with Crippen molar-refractivity contribution in [2.24, 2.45) is 0 Å². The van der Waals surface area contributed by atoms with E-state index < -0.39 is 5.82 Å². The van der Waals surface area contributed by atoms with Crippen molar-refractivity contribution in [1.29, 1.82) is 0 Å². The summed E-state index contributed by atoms with van der Waals surface area (Å²) in [6.07, 6.45) is 0.717. The summed E-state index contributed by atoms with van der Waals surface area (Å²) in [4.78, 5) is 11.6. The molecule has 0 aliphatic heterocycles. The Kier molecular flexibility index (Phi) is 4.92. The minimum absolute atomic E-state index is 0.275. The molecule has 0 amide bonds. The number of ether oxygens (including phenoxy) is 1. The fourth-order valence-corrected chi connectivity index (χ4v) is 2.71. The Morgan fingerprint density at radius 2 is 1.79 bits per heavy atom. The molecule has 0 spiro atoms. The van der Waals surface area contributed by atoms with Gasteiger partial charge in [-0.25, -0.2) is 4.39 Å². The summed E-state index contributed by atoms with van der Waals surface area (Å²) in [5.41, 5.74) is 2.48. The molecule has 2 nitrogen and oxygen atoms in total. The van der Waals surface area contributed by atoms with E-state index in [1.807, 2.05) is 30.3 Å². The molecule has 0 aliphatic rings. The average molecular weight is 341 g/mol. The second-order valence-corrected chi connectivity index (χ2v) is 5.70. The van der Waals surface area contributed by atoms with Crippen LogP contribution in [0.5, 0.6) is 5.75 Å². The highest BCUT2D eigenvalue weighted by Gasteiger charge is 2.12. The van der Waals surface area contributed by atoms with Crippen molar-refractivity contribution in [2.45, 2.75) is 6.61 Å². The summed E-state index contributed by atoms with van der Waals surface area (Å²) in [5.74, 6) is -0.00306. The van der Waals surface area contributed by atoms with Crippen molar-refractivity contribution in [3.05, 3.63) is 88.7 Å². The van der Waals surface area contributed by atoms with Gasteiger partial charge in [0, 0.05) is 5.02 Å². The lowest BCUT2D eigenvalue weighted by Crippen LogP contribution is -1.99. The van der Waals surface area contributed by atoms with Crippen molar-refractivity contribution < 1.29 is 13.9 Å². The predicted octanol–water partition coefficient (Wildman–Crippen LogP) is 5.54. The molecule has 0 fully saturated rings. The normalized spacial score (nSPS) is 10.4. The predicted molar refractivity (Wildman–Crippen MR) is 93.0 cm³/mol. The standard InChI is InChI=1S/C20H14ClFO2/c21-16-9-15(10-17(22)11-16)18-7-4-8-20(19(18)12-23)24-13-14-5-2-1-3-6-14/h1-12H,13H2. The van der Waals surface area contributed by atoms with Crippen LogP contribution >= 0.6 is 11.6 Å². The van der Waals surface area contributed by atoms with E-state index in [1.54, 1.807) is 24.3 Å². The number of carbonyl (C=O) groups excluding carboxylic acids is 1. The Morgan fingerprint density at radius 1 is 1.00 bits per heavy atom. The molecule has 0 aliphatic carbocycles. The van der Waals surface area contributed by atoms with Gasteiger partial charge in [0.1, 0.15) is 18.2 Å². The molecular formula is C20H14ClFO2. The molecule has 0 heterocycles. The van der Waals surface area contributed by atoms with Gasteiger partial charge in [-0.15, -0.1) is 0 Å². The zero-order chi connectivity index (χ0) is 16.9. The number of hydrogen-bond donors (Lipinski definition) is 0. The molecule has 3 aromatic rings. The Hall–Kier alpha value is -2.65. The second kappa shape index (κ2) is 7.28. The molecule has 0 N–H and O–H groups in total. The van der Waals surface area contributed by atoms with Gasteiger partial charge >= 0.3 is 0 Å². The zero-order valence-corrected chi connectivity index (χ0v) is 13.5. The molecule has 0 bridgehead atoms. The van der Waals surface area contributed by atoms with Gasteiger partial charge in [-0.05, 0) is 41.0 Å². The number of rotatable bonds is 5. The van der Waals surface area contributed by atoms with Crippen LogP contribution in [0.2, 0.25) is 5.02 Å². The maximum atomic E-state index is 13.6. The largest absolute Gasteiger partial charge is 0.488 e. The number of hydrogen-bond acceptors (Lipinski definition) is 2. The lowest BCUT2D eigenvalue weighted by atomic mass is 9.99. The molecule has 0 aromatic heterocycles. The minimum Gasteiger partial charge on any atom is -0.488 e. The summed E-state index contributed by atoms with van der Waals surface area (Å²) in [6, 6.07) is 19.1. The van der Waals surface area contributed by atoms with Crippen molar-refractivity contribution >= 4 is 17.9 Å². The number of aldehydes is 1. The van der Waals surface area contributed by atoms with Gasteiger partial charge < -0.3 is 4.74 Å². The van der Waals surface area contributed by atoms with Gasteiger partial charge in [0.2, 0.25) is 0 Å². The summed E-state index contributed by atoms with van der Waals surface area (Å²) in [5, 5.41) is 0.275. The van der Waals surface area contributed by atoms with Crippen molar-refractivity contribution in [3.8, 4) is 16.9 Å². The van der Waals surface area contributed by atoms with Crippen LogP contribution in [0.4, 0.5) is 4.39 Å². The molecule has 120 valence electrons. The summed E-state index contributed by atoms with van der Waals surface area (Å²) >= 11 is 5.92. The van der Waals surface area contributed by atoms with E-state index in [4.69, 9.17) is 16.3 Å². The Balaban J connectivity index is 1.95. The van der Waals surface area contributed by atoms with Crippen molar-refractivity contribution in [1.82, 2.24) is 0 Å². The molecule has 24 heavy (non-hydrogen) atoms. The van der Waals surface area contributed by atoms with Crippen molar-refractivity contribution in [3.63, 3.8) is 0 Å². The lowest BCUT2D eigenvalue weighted by Gasteiger charge is -2.12. The summed E-state index contributed by atoms with van der Waals surface area (Å²) < 4.78 is 19.4. The van der Waals surface area contributed by atoms with E-state index >= 15 is 0 Å². The minimum atomic E-state index is -0.454. The van der Waals surface area contributed by atoms with Crippen LogP contribution in [0.15, 0.2) is 66.7 Å². The van der Waals surface area contributed by atoms with Crippen LogP contribution in [-0.4, -0.2) is 6.29 Å². The third-order valence-corrected chi connectivity index (χ3v) is 3.81. The third kappa shape index (κ3) is 3.63. The number of carbonyl (C=O) groups is 1. The first kappa shape index (κ1) is 16.2. The monoisotopic (exact) mass is 340 g/mol. The first-order chi connectivity index (χ1) is 11.7. The lowest BCUT2D eigenvalue weighted by molar-refractivity contribution is 0.111. The summed E-state index contributed by atoms with van der Waals surface area (Å²) in [7, 11) is 0. The van der Waals surface area contributed by atoms with Gasteiger partial charge in [0.15, 0.2) is 6.29 Å². The van der Waals surface area contributed by atoms with Gasteiger partial charge in [0.25, 0.3) is 0 Å². The van der Waals surface area contributed by atoms with Crippen LogP contribution in [0.3, 0.4) is 0 Å². The van der Waals surface area contributed by atoms with Crippen LogP contribution in [0.1, 0.15) is 15.9 Å². The number of halogens is 2. The maximum absolute atomic E-state index is 13.6. The molecule has 0 saturated heterocycles. The topological polar surface area (TPSA) is 26.3 Å². The van der Waals surface area contributed by atoms with E-state index in [-0.39, 0.29) is 5.02 Å². The second-order valence-electron chi connectivity index (χ2n) is 5.27. The van der Waals surface area contributed by atoms with Gasteiger partial charge in [-0.2, -0.15) is 0 Å². The van der Waals surface area contributed by atoms with Crippen molar-refractivity contribution in [2.75, 3.05) is 0 Å². The van der Waals surface area contributed by atoms with Crippen LogP contribution in [0, 0.1) is 5.82 Å². The molecule has 3 rings (SSSR count). The Morgan fingerprint density at radius 3 is 2.50 bits per heavy atom. The molecule has 0 unspecified atom stereocenters. The third-order valence-electron chi connectivity index (χ3n) is 3.59. The molecule has 0 saturated carbocycles.